The Balaban J connectivity index is 1.68. The zero-order valence-electron chi connectivity index (χ0n) is 17.3. The van der Waals surface area contributed by atoms with Crippen LogP contribution in [0.25, 0.3) is 11.0 Å². The molecule has 0 radical (unpaired) electrons. The number of nitrogens with zero attached hydrogens (tertiary/aromatic N) is 2. The number of carbonyl (C=O) groups excluding carboxylic acids is 1. The fourth-order valence-corrected chi connectivity index (χ4v) is 4.10. The number of amides is 1. The lowest BCUT2D eigenvalue weighted by atomic mass is 9.92. The molecule has 4 rings (SSSR count). The lowest BCUT2D eigenvalue weighted by Gasteiger charge is -2.28. The molecular formula is C23H27N3O4. The lowest BCUT2D eigenvalue weighted by molar-refractivity contribution is 0.0718. The molecule has 158 valence electrons. The summed E-state index contributed by atoms with van der Waals surface area (Å²) in [5.74, 6) is 1.23. The van der Waals surface area contributed by atoms with Crippen LogP contribution in [0.1, 0.15) is 41.6 Å². The van der Waals surface area contributed by atoms with Gasteiger partial charge in [0.15, 0.2) is 0 Å². The third-order valence-corrected chi connectivity index (χ3v) is 5.74. The van der Waals surface area contributed by atoms with Crippen LogP contribution in [0.15, 0.2) is 42.7 Å². The summed E-state index contributed by atoms with van der Waals surface area (Å²) in [5, 5.41) is 13.2. The Morgan fingerprint density at radius 2 is 1.93 bits per heavy atom. The van der Waals surface area contributed by atoms with E-state index in [9.17, 15) is 9.90 Å². The van der Waals surface area contributed by atoms with E-state index >= 15 is 0 Å². The minimum atomic E-state index is -0.502. The van der Waals surface area contributed by atoms with Crippen molar-refractivity contribution in [3.05, 3.63) is 53.9 Å². The van der Waals surface area contributed by atoms with Gasteiger partial charge in [0.2, 0.25) is 0 Å². The van der Waals surface area contributed by atoms with Crippen LogP contribution in [0.4, 0.5) is 0 Å². The van der Waals surface area contributed by atoms with Crippen molar-refractivity contribution in [2.75, 3.05) is 14.2 Å². The number of ether oxygens (including phenoxy) is 2. The number of rotatable bonds is 6. The topological polar surface area (TPSA) is 85.6 Å². The highest BCUT2D eigenvalue weighted by Crippen LogP contribution is 2.29. The molecule has 1 aliphatic carbocycles. The van der Waals surface area contributed by atoms with E-state index in [1.807, 2.05) is 35.0 Å². The number of carbonyl (C=O) groups is 1. The van der Waals surface area contributed by atoms with E-state index in [1.54, 1.807) is 26.5 Å². The molecule has 1 aliphatic rings. The fraction of sp³-hybridized carbons (Fsp3) is 0.391. The van der Waals surface area contributed by atoms with Gasteiger partial charge in [-0.3, -0.25) is 9.78 Å². The summed E-state index contributed by atoms with van der Waals surface area (Å²) in [6, 6.07) is 9.37. The zero-order chi connectivity index (χ0) is 21.1. The lowest BCUT2D eigenvalue weighted by Crippen LogP contribution is -2.45. The molecule has 1 fully saturated rings. The van der Waals surface area contributed by atoms with E-state index in [-0.39, 0.29) is 11.9 Å². The average Bonchev–Trinajstić information content (AvgIpc) is 3.14. The van der Waals surface area contributed by atoms with Gasteiger partial charge in [0.1, 0.15) is 22.5 Å². The van der Waals surface area contributed by atoms with Gasteiger partial charge in [-0.15, -0.1) is 0 Å². The molecule has 1 saturated carbocycles. The van der Waals surface area contributed by atoms with Crippen molar-refractivity contribution in [2.24, 2.45) is 0 Å². The smallest absolute Gasteiger partial charge is 0.255 e. The molecule has 2 N–H and O–H groups in total. The first-order valence-corrected chi connectivity index (χ1v) is 10.2. The average molecular weight is 409 g/mol. The van der Waals surface area contributed by atoms with Crippen molar-refractivity contribution < 1.29 is 19.4 Å². The van der Waals surface area contributed by atoms with Crippen molar-refractivity contribution in [3.63, 3.8) is 0 Å². The summed E-state index contributed by atoms with van der Waals surface area (Å²) in [5.41, 5.74) is 2.90. The normalized spacial score (nSPS) is 18.9. The Morgan fingerprint density at radius 3 is 2.63 bits per heavy atom. The highest BCUT2D eigenvalue weighted by Gasteiger charge is 2.27. The molecule has 1 aromatic carbocycles. The summed E-state index contributed by atoms with van der Waals surface area (Å²) in [6.45, 7) is 0.557. The summed E-state index contributed by atoms with van der Waals surface area (Å²) in [4.78, 5) is 17.6. The molecule has 7 nitrogen and oxygen atoms in total. The van der Waals surface area contributed by atoms with Gasteiger partial charge in [0.05, 0.1) is 31.9 Å². The molecule has 7 heteroatoms. The number of hydrogen-bond donors (Lipinski definition) is 2. The highest BCUT2D eigenvalue weighted by molar-refractivity contribution is 6.06. The van der Waals surface area contributed by atoms with Gasteiger partial charge in [0.25, 0.3) is 5.91 Å². The Morgan fingerprint density at radius 1 is 1.17 bits per heavy atom. The minimum absolute atomic E-state index is 0.222. The van der Waals surface area contributed by atoms with E-state index < -0.39 is 6.10 Å². The molecule has 2 atom stereocenters. The van der Waals surface area contributed by atoms with Crippen LogP contribution in [0.2, 0.25) is 0 Å². The van der Waals surface area contributed by atoms with Gasteiger partial charge in [0, 0.05) is 25.0 Å². The third kappa shape index (κ3) is 3.98. The Labute approximate surface area is 175 Å². The molecule has 2 aromatic heterocycles. The molecule has 3 aromatic rings. The molecular weight excluding hydrogens is 382 g/mol. The van der Waals surface area contributed by atoms with Gasteiger partial charge in [-0.25, -0.2) is 0 Å². The molecule has 30 heavy (non-hydrogen) atoms. The van der Waals surface area contributed by atoms with E-state index in [1.165, 1.54) is 0 Å². The standard InChI is InChI=1S/C23H27N3O4/c1-29-16-9-7-15(8-10-16)13-26-14-17(21-22(26)20(30-2)11-12-24-21)23(28)25-18-5-3-4-6-19(18)27/h7-12,14,18-19,27H,3-6,13H2,1-2H3,(H,25,28)/t18-,19?/m0/s1. The number of nitrogens with one attached hydrogen (secondary N) is 1. The molecule has 1 unspecified atom stereocenters. The van der Waals surface area contributed by atoms with E-state index in [2.05, 4.69) is 10.3 Å². The first kappa shape index (κ1) is 20.2. The predicted molar refractivity (Wildman–Crippen MR) is 114 cm³/mol. The van der Waals surface area contributed by atoms with Crippen molar-refractivity contribution in [2.45, 2.75) is 44.4 Å². The molecule has 0 bridgehead atoms. The van der Waals surface area contributed by atoms with Gasteiger partial charge in [-0.1, -0.05) is 25.0 Å². The monoisotopic (exact) mass is 409 g/mol. The van der Waals surface area contributed by atoms with Crippen LogP contribution in [-0.4, -0.2) is 46.9 Å². The van der Waals surface area contributed by atoms with Crippen molar-refractivity contribution >= 4 is 16.9 Å². The van der Waals surface area contributed by atoms with E-state index in [0.717, 1.165) is 42.5 Å². The number of hydrogen-bond acceptors (Lipinski definition) is 5. The fourth-order valence-electron chi connectivity index (χ4n) is 4.10. The Kier molecular flexibility index (Phi) is 5.90. The second kappa shape index (κ2) is 8.75. The maximum absolute atomic E-state index is 13.1. The number of aliphatic hydroxyl groups excluding tert-OH is 1. The molecule has 0 saturated heterocycles. The first-order chi connectivity index (χ1) is 14.6. The van der Waals surface area contributed by atoms with E-state index in [0.29, 0.717) is 23.4 Å². The first-order valence-electron chi connectivity index (χ1n) is 10.2. The number of pyridine rings is 1. The van der Waals surface area contributed by atoms with Gasteiger partial charge in [-0.2, -0.15) is 0 Å². The minimum Gasteiger partial charge on any atom is -0.497 e. The second-order valence-corrected chi connectivity index (χ2v) is 7.66. The molecule has 2 heterocycles. The maximum atomic E-state index is 13.1. The number of fused-ring (bicyclic) bond motifs is 1. The van der Waals surface area contributed by atoms with Crippen LogP contribution >= 0.6 is 0 Å². The molecule has 0 spiro atoms. The van der Waals surface area contributed by atoms with Crippen LogP contribution < -0.4 is 14.8 Å². The van der Waals surface area contributed by atoms with Crippen LogP contribution in [0.3, 0.4) is 0 Å². The highest BCUT2D eigenvalue weighted by atomic mass is 16.5. The summed E-state index contributed by atoms with van der Waals surface area (Å²) in [6.07, 6.45) is 6.46. The quantitative estimate of drug-likeness (QED) is 0.653. The number of benzene rings is 1. The zero-order valence-corrected chi connectivity index (χ0v) is 17.3. The van der Waals surface area contributed by atoms with Gasteiger partial charge < -0.3 is 24.5 Å². The third-order valence-electron chi connectivity index (χ3n) is 5.74. The molecule has 1 amide bonds. The van der Waals surface area contributed by atoms with Gasteiger partial charge in [-0.05, 0) is 30.5 Å². The number of methoxy groups -OCH3 is 2. The van der Waals surface area contributed by atoms with Crippen molar-refractivity contribution in [3.8, 4) is 11.5 Å². The SMILES string of the molecule is COc1ccc(Cn2cc(C(=O)N[C@H]3CCCCC3O)c3nccc(OC)c32)cc1. The van der Waals surface area contributed by atoms with Crippen LogP contribution in [0.5, 0.6) is 11.5 Å². The number of aliphatic hydroxyl groups is 1. The maximum Gasteiger partial charge on any atom is 0.255 e. The summed E-state index contributed by atoms with van der Waals surface area (Å²) < 4.78 is 12.8. The van der Waals surface area contributed by atoms with Crippen LogP contribution in [0, 0.1) is 0 Å². The van der Waals surface area contributed by atoms with E-state index in [4.69, 9.17) is 9.47 Å². The predicted octanol–water partition coefficient (Wildman–Crippen LogP) is 3.14. The summed E-state index contributed by atoms with van der Waals surface area (Å²) in [7, 11) is 3.25. The van der Waals surface area contributed by atoms with Gasteiger partial charge >= 0.3 is 0 Å². The number of aromatic nitrogens is 2. The van der Waals surface area contributed by atoms with Crippen LogP contribution in [-0.2, 0) is 6.54 Å². The summed E-state index contributed by atoms with van der Waals surface area (Å²) >= 11 is 0. The van der Waals surface area contributed by atoms with Crippen molar-refractivity contribution in [1.29, 1.82) is 0 Å². The van der Waals surface area contributed by atoms with Crippen molar-refractivity contribution in [1.82, 2.24) is 14.9 Å². The largest absolute Gasteiger partial charge is 0.497 e. The molecule has 0 aliphatic heterocycles. The Bertz CT molecular complexity index is 1030. The Hall–Kier alpha value is -3.06. The second-order valence-electron chi connectivity index (χ2n) is 7.66.